The lowest BCUT2D eigenvalue weighted by atomic mass is 10.1. The van der Waals surface area contributed by atoms with Gasteiger partial charge in [-0.15, -0.1) is 0 Å². The van der Waals surface area contributed by atoms with Crippen molar-refractivity contribution in [2.45, 2.75) is 0 Å². The van der Waals surface area contributed by atoms with Crippen LogP contribution in [0.1, 0.15) is 0 Å². The maximum absolute atomic E-state index is 13.8. The summed E-state index contributed by atoms with van der Waals surface area (Å²) in [4.78, 5) is 6.61. The van der Waals surface area contributed by atoms with Crippen LogP contribution in [-0.4, -0.2) is 23.1 Å². The van der Waals surface area contributed by atoms with Crippen LogP contribution in [0, 0.1) is 11.6 Å². The smallest absolute Gasteiger partial charge is 0.167 e. The number of rotatable bonds is 3. The van der Waals surface area contributed by atoms with Gasteiger partial charge >= 0.3 is 0 Å². The molecule has 0 fully saturated rings. The van der Waals surface area contributed by atoms with Crippen molar-refractivity contribution < 1.29 is 13.5 Å². The lowest BCUT2D eigenvalue weighted by Gasteiger charge is -2.08. The molecular weight excluding hydrogens is 336 g/mol. The number of halogens is 2. The van der Waals surface area contributed by atoms with Crippen molar-refractivity contribution in [1.82, 2.24) is 9.97 Å². The molecule has 3 aromatic carbocycles. The van der Waals surface area contributed by atoms with E-state index in [1.54, 1.807) is 12.1 Å². The van der Waals surface area contributed by atoms with Crippen molar-refractivity contribution in [3.63, 3.8) is 0 Å². The first-order chi connectivity index (χ1) is 12.7. The first-order valence-corrected chi connectivity index (χ1v) is 8.33. The number of hydrogen-bond acceptors (Lipinski definition) is 2. The van der Waals surface area contributed by atoms with E-state index in [2.05, 4.69) is 9.97 Å². The average Bonchev–Trinajstić information content (AvgIpc) is 3.17. The standard InChI is InChI=1S/C20H15F2N3O/c21-10-1-3-16-12(7-10)14-9-15-13-8-11(22)2-4-17(13)25-19(15)20(18(14)24-16)26-6-5-23/h1-4,7-9,24-25H,5-6,23H2. The summed E-state index contributed by atoms with van der Waals surface area (Å²) in [7, 11) is 0. The van der Waals surface area contributed by atoms with Crippen molar-refractivity contribution >= 4 is 43.6 Å². The molecule has 2 aromatic heterocycles. The lowest BCUT2D eigenvalue weighted by molar-refractivity contribution is 0.335. The fraction of sp³-hybridized carbons (Fsp3) is 0.100. The van der Waals surface area contributed by atoms with Gasteiger partial charge in [0.05, 0.1) is 11.0 Å². The Morgan fingerprint density at radius 3 is 1.81 bits per heavy atom. The summed E-state index contributed by atoms with van der Waals surface area (Å²) in [6, 6.07) is 11.1. The van der Waals surface area contributed by atoms with Gasteiger partial charge in [-0.2, -0.15) is 0 Å². The molecule has 0 aliphatic carbocycles. The molecule has 0 aliphatic rings. The minimum atomic E-state index is -0.312. The molecule has 4 N–H and O–H groups in total. The van der Waals surface area contributed by atoms with Crippen molar-refractivity contribution in [2.75, 3.05) is 13.2 Å². The quantitative estimate of drug-likeness (QED) is 0.446. The second kappa shape index (κ2) is 5.44. The molecule has 0 aliphatic heterocycles. The molecule has 0 amide bonds. The van der Waals surface area contributed by atoms with E-state index in [1.807, 2.05) is 6.07 Å². The Morgan fingerprint density at radius 1 is 0.769 bits per heavy atom. The van der Waals surface area contributed by atoms with Crippen LogP contribution in [0.2, 0.25) is 0 Å². The maximum Gasteiger partial charge on any atom is 0.167 e. The first kappa shape index (κ1) is 15.2. The number of H-pyrrole nitrogens is 2. The van der Waals surface area contributed by atoms with Gasteiger partial charge in [-0.25, -0.2) is 8.78 Å². The third-order valence-electron chi connectivity index (χ3n) is 4.71. The van der Waals surface area contributed by atoms with E-state index in [-0.39, 0.29) is 11.6 Å². The fourth-order valence-electron chi connectivity index (χ4n) is 3.60. The van der Waals surface area contributed by atoms with Gasteiger partial charge in [0.25, 0.3) is 0 Å². The second-order valence-corrected chi connectivity index (χ2v) is 6.32. The zero-order chi connectivity index (χ0) is 17.8. The van der Waals surface area contributed by atoms with E-state index in [0.717, 1.165) is 43.6 Å². The summed E-state index contributed by atoms with van der Waals surface area (Å²) >= 11 is 0. The molecule has 4 nitrogen and oxygen atoms in total. The first-order valence-electron chi connectivity index (χ1n) is 8.33. The summed E-state index contributed by atoms with van der Waals surface area (Å²) in [5.41, 5.74) is 8.75. The molecule has 26 heavy (non-hydrogen) atoms. The number of ether oxygens (including phenoxy) is 1. The molecule has 0 saturated heterocycles. The molecule has 0 spiro atoms. The van der Waals surface area contributed by atoms with Crippen LogP contribution in [0.4, 0.5) is 8.78 Å². The van der Waals surface area contributed by atoms with Crippen LogP contribution >= 0.6 is 0 Å². The zero-order valence-corrected chi connectivity index (χ0v) is 13.7. The number of aromatic amines is 2. The minimum Gasteiger partial charge on any atom is -0.488 e. The van der Waals surface area contributed by atoms with Gasteiger partial charge < -0.3 is 20.4 Å². The molecule has 6 heteroatoms. The molecule has 130 valence electrons. The van der Waals surface area contributed by atoms with Gasteiger partial charge in [-0.1, -0.05) is 0 Å². The summed E-state index contributed by atoms with van der Waals surface area (Å²) in [5.74, 6) is -0.0167. The normalized spacial score (nSPS) is 12.0. The maximum atomic E-state index is 13.8. The van der Waals surface area contributed by atoms with Crippen LogP contribution in [0.25, 0.3) is 43.6 Å². The summed E-state index contributed by atoms with van der Waals surface area (Å²) in [5, 5.41) is 3.16. The molecule has 2 heterocycles. The van der Waals surface area contributed by atoms with E-state index < -0.39 is 0 Å². The van der Waals surface area contributed by atoms with E-state index in [1.165, 1.54) is 24.3 Å². The fourth-order valence-corrected chi connectivity index (χ4v) is 3.60. The molecule has 0 saturated carbocycles. The summed E-state index contributed by atoms with van der Waals surface area (Å²) < 4.78 is 33.5. The number of benzene rings is 3. The number of fused-ring (bicyclic) bond motifs is 6. The van der Waals surface area contributed by atoms with Crippen LogP contribution in [-0.2, 0) is 0 Å². The molecule has 5 rings (SSSR count). The monoisotopic (exact) mass is 351 g/mol. The molecule has 0 radical (unpaired) electrons. The van der Waals surface area contributed by atoms with Crippen molar-refractivity contribution in [3.05, 3.63) is 54.1 Å². The topological polar surface area (TPSA) is 66.8 Å². The SMILES string of the molecule is NCCOc1c2[nH]c3ccc(F)cc3c2cc2c1[nH]c1ccc(F)cc12. The lowest BCUT2D eigenvalue weighted by Crippen LogP contribution is -2.11. The Kier molecular flexibility index (Phi) is 3.17. The van der Waals surface area contributed by atoms with Crippen LogP contribution in [0.15, 0.2) is 42.5 Å². The van der Waals surface area contributed by atoms with Crippen molar-refractivity contribution in [1.29, 1.82) is 0 Å². The molecule has 0 atom stereocenters. The molecule has 5 aromatic rings. The average molecular weight is 351 g/mol. The molecule has 0 unspecified atom stereocenters. The highest BCUT2D eigenvalue weighted by Gasteiger charge is 2.18. The Labute approximate surface area is 146 Å². The number of hydrogen-bond donors (Lipinski definition) is 3. The Balaban J connectivity index is 1.98. The van der Waals surface area contributed by atoms with Crippen LogP contribution in [0.5, 0.6) is 5.75 Å². The Morgan fingerprint density at radius 2 is 1.31 bits per heavy atom. The predicted molar refractivity (Wildman–Crippen MR) is 99.6 cm³/mol. The minimum absolute atomic E-state index is 0.312. The number of nitrogens with one attached hydrogen (secondary N) is 2. The Hall–Kier alpha value is -3.12. The van der Waals surface area contributed by atoms with Gasteiger partial charge in [0, 0.05) is 39.1 Å². The number of nitrogens with two attached hydrogens (primary N) is 1. The molecule has 0 bridgehead atoms. The van der Waals surface area contributed by atoms with Crippen LogP contribution < -0.4 is 10.5 Å². The molecular formula is C20H15F2N3O. The highest BCUT2D eigenvalue weighted by molar-refractivity contribution is 6.20. The van der Waals surface area contributed by atoms with Crippen molar-refractivity contribution in [2.24, 2.45) is 5.73 Å². The van der Waals surface area contributed by atoms with Gasteiger partial charge in [-0.05, 0) is 42.5 Å². The van der Waals surface area contributed by atoms with Gasteiger partial charge in [0.15, 0.2) is 5.75 Å². The van der Waals surface area contributed by atoms with E-state index in [0.29, 0.717) is 18.9 Å². The van der Waals surface area contributed by atoms with Crippen molar-refractivity contribution in [3.8, 4) is 5.75 Å². The highest BCUT2D eigenvalue weighted by atomic mass is 19.1. The Bertz CT molecular complexity index is 1210. The van der Waals surface area contributed by atoms with Gasteiger partial charge in [0.1, 0.15) is 18.2 Å². The van der Waals surface area contributed by atoms with E-state index >= 15 is 0 Å². The number of aromatic nitrogens is 2. The van der Waals surface area contributed by atoms with Crippen LogP contribution in [0.3, 0.4) is 0 Å². The largest absolute Gasteiger partial charge is 0.488 e. The second-order valence-electron chi connectivity index (χ2n) is 6.32. The third kappa shape index (κ3) is 2.09. The van der Waals surface area contributed by atoms with Gasteiger partial charge in [0.2, 0.25) is 0 Å². The summed E-state index contributed by atoms with van der Waals surface area (Å²) in [6.45, 7) is 0.698. The highest BCUT2D eigenvalue weighted by Crippen LogP contribution is 2.41. The predicted octanol–water partition coefficient (Wildman–Crippen LogP) is 4.57. The van der Waals surface area contributed by atoms with E-state index in [4.69, 9.17) is 10.5 Å². The third-order valence-corrected chi connectivity index (χ3v) is 4.71. The van der Waals surface area contributed by atoms with E-state index in [9.17, 15) is 8.78 Å². The van der Waals surface area contributed by atoms with Gasteiger partial charge in [-0.3, -0.25) is 0 Å². The zero-order valence-electron chi connectivity index (χ0n) is 13.7. The summed E-state index contributed by atoms with van der Waals surface area (Å²) in [6.07, 6.45) is 0.